The summed E-state index contributed by atoms with van der Waals surface area (Å²) in [5.41, 5.74) is 0.829. The summed E-state index contributed by atoms with van der Waals surface area (Å²) < 4.78 is 5.06. The highest BCUT2D eigenvalue weighted by Crippen LogP contribution is 2.32. The molecule has 1 aliphatic rings. The number of carboxylic acid groups (broad SMARTS) is 1. The third kappa shape index (κ3) is 2.52. The normalized spacial score (nSPS) is 17.1. The summed E-state index contributed by atoms with van der Waals surface area (Å²) in [6, 6.07) is 1.55. The van der Waals surface area contributed by atoms with Crippen LogP contribution >= 0.6 is 11.3 Å². The van der Waals surface area contributed by atoms with Gasteiger partial charge in [0.1, 0.15) is 5.76 Å². The molecule has 0 radical (unpaired) electrons. The molecule has 0 aromatic carbocycles. The molecule has 0 spiro atoms. The minimum Gasteiger partial charge on any atom is -0.481 e. The molecule has 0 aliphatic heterocycles. The number of amides is 1. The summed E-state index contributed by atoms with van der Waals surface area (Å²) in [5.74, 6) is -1.89. The number of furan rings is 1. The first-order chi connectivity index (χ1) is 10.5. The number of aromatic nitrogens is 1. The van der Waals surface area contributed by atoms with Gasteiger partial charge >= 0.3 is 5.97 Å². The van der Waals surface area contributed by atoms with E-state index in [4.69, 9.17) is 9.52 Å². The lowest BCUT2D eigenvalue weighted by Crippen LogP contribution is -2.25. The zero-order valence-corrected chi connectivity index (χ0v) is 12.4. The summed E-state index contributed by atoms with van der Waals surface area (Å²) in [6.45, 7) is 1.67. The molecule has 1 aliphatic carbocycles. The van der Waals surface area contributed by atoms with E-state index in [9.17, 15) is 14.4 Å². The van der Waals surface area contributed by atoms with Gasteiger partial charge in [0, 0.05) is 12.8 Å². The molecular weight excluding hydrogens is 308 g/mol. The highest BCUT2D eigenvalue weighted by Gasteiger charge is 2.33. The van der Waals surface area contributed by atoms with Crippen LogP contribution in [0.1, 0.15) is 37.9 Å². The molecule has 0 fully saturated rings. The van der Waals surface area contributed by atoms with Gasteiger partial charge in [-0.2, -0.15) is 0 Å². The number of carbonyl (C=O) groups is 3. The van der Waals surface area contributed by atoms with Crippen molar-refractivity contribution in [2.45, 2.75) is 19.8 Å². The maximum Gasteiger partial charge on any atom is 0.307 e. The van der Waals surface area contributed by atoms with E-state index in [1.165, 1.54) is 6.26 Å². The molecule has 0 saturated carbocycles. The first-order valence-electron chi connectivity index (χ1n) is 6.57. The predicted octanol–water partition coefficient (Wildman–Crippen LogP) is 2.13. The molecule has 114 valence electrons. The average Bonchev–Trinajstić information content (AvgIpc) is 3.04. The van der Waals surface area contributed by atoms with E-state index in [1.807, 2.05) is 0 Å². The molecule has 0 bridgehead atoms. The van der Waals surface area contributed by atoms with Gasteiger partial charge in [-0.25, -0.2) is 4.98 Å². The van der Waals surface area contributed by atoms with Crippen LogP contribution in [0.25, 0.3) is 0 Å². The quantitative estimate of drug-likeness (QED) is 0.896. The number of aryl methyl sites for hydroxylation is 1. The number of ketones is 1. The van der Waals surface area contributed by atoms with Crippen molar-refractivity contribution in [3.8, 4) is 0 Å². The van der Waals surface area contributed by atoms with Crippen LogP contribution in [-0.2, 0) is 11.2 Å². The highest BCUT2D eigenvalue weighted by molar-refractivity contribution is 7.17. The Morgan fingerprint density at radius 3 is 2.86 bits per heavy atom. The van der Waals surface area contributed by atoms with Crippen LogP contribution < -0.4 is 5.32 Å². The Morgan fingerprint density at radius 1 is 1.45 bits per heavy atom. The van der Waals surface area contributed by atoms with Crippen molar-refractivity contribution in [3.05, 3.63) is 34.2 Å². The van der Waals surface area contributed by atoms with Gasteiger partial charge in [0.15, 0.2) is 10.9 Å². The number of fused-ring (bicyclic) bond motifs is 1. The number of carbonyl (C=O) groups excluding carboxylic acids is 2. The number of nitrogens with one attached hydrogen (secondary N) is 1. The second-order valence-corrected chi connectivity index (χ2v) is 6.01. The van der Waals surface area contributed by atoms with Crippen LogP contribution in [0.3, 0.4) is 0 Å². The molecule has 1 amide bonds. The number of Topliss-reactive ketones (excluding diaryl/α,β-unsaturated/α-hetero) is 1. The molecule has 0 unspecified atom stereocenters. The Labute approximate surface area is 129 Å². The largest absolute Gasteiger partial charge is 0.481 e. The van der Waals surface area contributed by atoms with Crippen molar-refractivity contribution in [1.82, 2.24) is 4.98 Å². The lowest BCUT2D eigenvalue weighted by Gasteiger charge is -2.15. The number of aliphatic carboxylic acids is 1. The fourth-order valence-corrected chi connectivity index (χ4v) is 3.28. The summed E-state index contributed by atoms with van der Waals surface area (Å²) >= 11 is 1.07. The number of anilines is 1. The van der Waals surface area contributed by atoms with Crippen LogP contribution in [0, 0.1) is 12.8 Å². The van der Waals surface area contributed by atoms with Crippen LogP contribution in [0.15, 0.2) is 16.7 Å². The Morgan fingerprint density at radius 2 is 2.23 bits per heavy atom. The van der Waals surface area contributed by atoms with Gasteiger partial charge in [-0.15, -0.1) is 0 Å². The van der Waals surface area contributed by atoms with Crippen LogP contribution in [-0.4, -0.2) is 27.8 Å². The first kappa shape index (κ1) is 14.5. The Hall–Kier alpha value is -2.48. The topological polar surface area (TPSA) is 110 Å². The van der Waals surface area contributed by atoms with E-state index in [-0.39, 0.29) is 29.7 Å². The second kappa shape index (κ2) is 5.38. The van der Waals surface area contributed by atoms with Crippen molar-refractivity contribution >= 4 is 34.1 Å². The summed E-state index contributed by atoms with van der Waals surface area (Å²) in [7, 11) is 0. The SMILES string of the molecule is Cc1occc1C(=O)Nc1nc2c(s1)C(=O)C[C@@H](C(=O)O)C2. The molecule has 2 aromatic heterocycles. The predicted molar refractivity (Wildman–Crippen MR) is 77.3 cm³/mol. The molecule has 1 atom stereocenters. The molecule has 2 heterocycles. The van der Waals surface area contributed by atoms with E-state index in [0.29, 0.717) is 21.9 Å². The Bertz CT molecular complexity index is 776. The molecule has 2 aromatic rings. The number of nitrogens with zero attached hydrogens (tertiary/aromatic N) is 1. The molecule has 0 saturated heterocycles. The van der Waals surface area contributed by atoms with E-state index >= 15 is 0 Å². The zero-order chi connectivity index (χ0) is 15.9. The monoisotopic (exact) mass is 320 g/mol. The standard InChI is InChI=1S/C14H12N2O5S/c1-6-8(2-3-21-6)12(18)16-14-15-9-4-7(13(19)20)5-10(17)11(9)22-14/h2-3,7H,4-5H2,1H3,(H,19,20)(H,15,16,18)/t7-/m0/s1. The van der Waals surface area contributed by atoms with Crippen molar-refractivity contribution < 1.29 is 23.9 Å². The average molecular weight is 320 g/mol. The number of thiazole rings is 1. The minimum absolute atomic E-state index is 0.0290. The lowest BCUT2D eigenvalue weighted by atomic mass is 9.90. The fraction of sp³-hybridized carbons (Fsp3) is 0.286. The van der Waals surface area contributed by atoms with Gasteiger partial charge in [-0.05, 0) is 13.0 Å². The smallest absolute Gasteiger partial charge is 0.307 e. The van der Waals surface area contributed by atoms with Crippen LogP contribution in [0.5, 0.6) is 0 Å². The Balaban J connectivity index is 1.82. The van der Waals surface area contributed by atoms with Gasteiger partial charge in [0.2, 0.25) is 0 Å². The molecule has 22 heavy (non-hydrogen) atoms. The van der Waals surface area contributed by atoms with E-state index in [2.05, 4.69) is 10.3 Å². The maximum atomic E-state index is 12.1. The number of rotatable bonds is 3. The molecule has 2 N–H and O–H groups in total. The molecular formula is C14H12N2O5S. The van der Waals surface area contributed by atoms with Crippen molar-refractivity contribution in [2.24, 2.45) is 5.92 Å². The number of hydrogen-bond donors (Lipinski definition) is 2. The van der Waals surface area contributed by atoms with Crippen LogP contribution in [0.2, 0.25) is 0 Å². The Kier molecular flexibility index (Phi) is 3.53. The minimum atomic E-state index is -1.01. The van der Waals surface area contributed by atoms with Gasteiger partial charge < -0.3 is 9.52 Å². The fourth-order valence-electron chi connectivity index (χ4n) is 2.34. The van der Waals surface area contributed by atoms with Crippen molar-refractivity contribution in [3.63, 3.8) is 0 Å². The second-order valence-electron chi connectivity index (χ2n) is 5.01. The van der Waals surface area contributed by atoms with Crippen molar-refractivity contribution in [1.29, 1.82) is 0 Å². The number of hydrogen-bond acceptors (Lipinski definition) is 6. The van der Waals surface area contributed by atoms with E-state index in [0.717, 1.165) is 11.3 Å². The summed E-state index contributed by atoms with van der Waals surface area (Å²) in [5, 5.41) is 11.9. The van der Waals surface area contributed by atoms with Gasteiger partial charge in [0.05, 0.1) is 28.3 Å². The van der Waals surface area contributed by atoms with Crippen molar-refractivity contribution in [2.75, 3.05) is 5.32 Å². The first-order valence-corrected chi connectivity index (χ1v) is 7.38. The maximum absolute atomic E-state index is 12.1. The molecule has 8 heteroatoms. The van der Waals surface area contributed by atoms with Gasteiger partial charge in [-0.3, -0.25) is 19.7 Å². The summed E-state index contributed by atoms with van der Waals surface area (Å²) in [6.07, 6.45) is 1.59. The third-order valence-corrected chi connectivity index (χ3v) is 4.55. The van der Waals surface area contributed by atoms with Gasteiger partial charge in [0.25, 0.3) is 5.91 Å². The zero-order valence-electron chi connectivity index (χ0n) is 11.6. The summed E-state index contributed by atoms with van der Waals surface area (Å²) in [4.78, 5) is 39.7. The highest BCUT2D eigenvalue weighted by atomic mass is 32.1. The van der Waals surface area contributed by atoms with Crippen LogP contribution in [0.4, 0.5) is 5.13 Å². The van der Waals surface area contributed by atoms with Gasteiger partial charge in [-0.1, -0.05) is 11.3 Å². The van der Waals surface area contributed by atoms with E-state index < -0.39 is 11.9 Å². The van der Waals surface area contributed by atoms with E-state index in [1.54, 1.807) is 13.0 Å². The number of carboxylic acids is 1. The molecule has 7 nitrogen and oxygen atoms in total. The molecule has 3 rings (SSSR count). The third-order valence-electron chi connectivity index (χ3n) is 3.50. The lowest BCUT2D eigenvalue weighted by molar-refractivity contribution is -0.141.